The van der Waals surface area contributed by atoms with Crippen LogP contribution in [0.5, 0.6) is 11.5 Å². The molecule has 1 heterocycles. The van der Waals surface area contributed by atoms with E-state index in [0.29, 0.717) is 11.5 Å². The summed E-state index contributed by atoms with van der Waals surface area (Å²) in [5.41, 5.74) is 2.39. The Morgan fingerprint density at radius 1 is 0.893 bits per heavy atom. The molecular weight excluding hydrogens is 367 g/mol. The normalized spacial score (nSPS) is 11.3. The number of hydrogen-bond acceptors (Lipinski definition) is 4. The summed E-state index contributed by atoms with van der Waals surface area (Å²) in [7, 11) is 0. The van der Waals surface area contributed by atoms with Gasteiger partial charge >= 0.3 is 6.18 Å². The van der Waals surface area contributed by atoms with E-state index in [1.807, 2.05) is 26.0 Å². The number of nitrogens with zero attached hydrogens (tertiary/aromatic N) is 2. The molecule has 4 nitrogen and oxygen atoms in total. The van der Waals surface area contributed by atoms with Gasteiger partial charge < -0.3 is 10.1 Å². The summed E-state index contributed by atoms with van der Waals surface area (Å²) in [6, 6.07) is 12.1. The van der Waals surface area contributed by atoms with Crippen LogP contribution in [-0.4, -0.2) is 16.5 Å². The third-order valence-corrected chi connectivity index (χ3v) is 4.38. The molecule has 0 fully saturated rings. The van der Waals surface area contributed by atoms with Gasteiger partial charge in [0, 0.05) is 17.8 Å². The Bertz CT molecular complexity index is 923. The average molecular weight is 387 g/mol. The van der Waals surface area contributed by atoms with E-state index in [1.165, 1.54) is 18.5 Å². The zero-order valence-electron chi connectivity index (χ0n) is 15.5. The largest absolute Gasteiger partial charge is 0.457 e. The van der Waals surface area contributed by atoms with Gasteiger partial charge in [-0.1, -0.05) is 12.1 Å². The van der Waals surface area contributed by atoms with Crippen molar-refractivity contribution in [2.24, 2.45) is 0 Å². The van der Waals surface area contributed by atoms with Gasteiger partial charge in [0.2, 0.25) is 0 Å². The second-order valence-electron chi connectivity index (χ2n) is 6.38. The van der Waals surface area contributed by atoms with Crippen molar-refractivity contribution in [1.29, 1.82) is 0 Å². The van der Waals surface area contributed by atoms with Crippen LogP contribution < -0.4 is 10.1 Å². The number of halogens is 3. The van der Waals surface area contributed by atoms with Gasteiger partial charge in [0.15, 0.2) is 0 Å². The van der Waals surface area contributed by atoms with Crippen molar-refractivity contribution in [2.75, 3.05) is 11.9 Å². The van der Waals surface area contributed by atoms with Crippen molar-refractivity contribution in [3.8, 4) is 11.5 Å². The standard InChI is InChI=1S/C21H20F3N3O/c1-14-15(2)26-13-27-20(14)25-12-11-16-3-7-18(8-4-16)28-19-9-5-17(6-10-19)21(22,23)24/h3-10,13H,11-12H2,1-2H3,(H,25,26,27). The number of benzene rings is 2. The molecule has 0 atom stereocenters. The first-order valence-electron chi connectivity index (χ1n) is 8.79. The van der Waals surface area contributed by atoms with E-state index >= 15 is 0 Å². The number of rotatable bonds is 6. The van der Waals surface area contributed by atoms with Crippen LogP contribution in [0.2, 0.25) is 0 Å². The third kappa shape index (κ3) is 5.00. The van der Waals surface area contributed by atoms with Crippen LogP contribution in [0.1, 0.15) is 22.4 Å². The zero-order chi connectivity index (χ0) is 20.1. The average Bonchev–Trinajstić information content (AvgIpc) is 2.66. The number of anilines is 1. The van der Waals surface area contributed by atoms with E-state index in [2.05, 4.69) is 15.3 Å². The molecular formula is C21H20F3N3O. The van der Waals surface area contributed by atoms with E-state index in [4.69, 9.17) is 4.74 Å². The molecule has 0 radical (unpaired) electrons. The molecule has 0 saturated carbocycles. The highest BCUT2D eigenvalue weighted by atomic mass is 19.4. The van der Waals surface area contributed by atoms with Crippen molar-refractivity contribution in [2.45, 2.75) is 26.4 Å². The smallest absolute Gasteiger partial charge is 0.416 e. The van der Waals surface area contributed by atoms with Crippen LogP contribution in [0.3, 0.4) is 0 Å². The molecule has 0 bridgehead atoms. The van der Waals surface area contributed by atoms with Crippen LogP contribution in [0.15, 0.2) is 54.9 Å². The summed E-state index contributed by atoms with van der Waals surface area (Å²) in [6.45, 7) is 4.64. The summed E-state index contributed by atoms with van der Waals surface area (Å²) in [5, 5.41) is 3.30. The fraction of sp³-hybridized carbons (Fsp3) is 0.238. The van der Waals surface area contributed by atoms with Gasteiger partial charge in [-0.3, -0.25) is 0 Å². The Balaban J connectivity index is 1.54. The summed E-state index contributed by atoms with van der Waals surface area (Å²) >= 11 is 0. The lowest BCUT2D eigenvalue weighted by Crippen LogP contribution is -2.08. The Kier molecular flexibility index (Phi) is 5.82. The minimum absolute atomic E-state index is 0.358. The van der Waals surface area contributed by atoms with E-state index in [-0.39, 0.29) is 0 Å². The summed E-state index contributed by atoms with van der Waals surface area (Å²) < 4.78 is 43.4. The van der Waals surface area contributed by atoms with Gasteiger partial charge in [-0.25, -0.2) is 9.97 Å². The number of nitrogens with one attached hydrogen (secondary N) is 1. The number of aromatic nitrogens is 2. The van der Waals surface area contributed by atoms with Crippen LogP contribution in [0.4, 0.5) is 19.0 Å². The molecule has 3 aromatic rings. The van der Waals surface area contributed by atoms with Gasteiger partial charge in [0.1, 0.15) is 23.6 Å². The minimum Gasteiger partial charge on any atom is -0.457 e. The number of alkyl halides is 3. The zero-order valence-corrected chi connectivity index (χ0v) is 15.5. The first-order chi connectivity index (χ1) is 13.3. The van der Waals surface area contributed by atoms with Gasteiger partial charge in [0.05, 0.1) is 5.56 Å². The highest BCUT2D eigenvalue weighted by Crippen LogP contribution is 2.31. The van der Waals surface area contributed by atoms with Gasteiger partial charge in [-0.05, 0) is 62.2 Å². The van der Waals surface area contributed by atoms with Crippen LogP contribution in [0.25, 0.3) is 0 Å². The van der Waals surface area contributed by atoms with E-state index in [9.17, 15) is 13.2 Å². The Morgan fingerprint density at radius 2 is 1.50 bits per heavy atom. The molecule has 1 N–H and O–H groups in total. The lowest BCUT2D eigenvalue weighted by atomic mass is 10.1. The molecule has 0 spiro atoms. The monoisotopic (exact) mass is 387 g/mol. The highest BCUT2D eigenvalue weighted by molar-refractivity contribution is 5.44. The summed E-state index contributed by atoms with van der Waals surface area (Å²) in [6.07, 6.45) is -2.02. The predicted octanol–water partition coefficient (Wildman–Crippen LogP) is 5.56. The molecule has 7 heteroatoms. The first kappa shape index (κ1) is 19.7. The van der Waals surface area contributed by atoms with E-state index < -0.39 is 11.7 Å². The maximum absolute atomic E-state index is 12.6. The van der Waals surface area contributed by atoms with Crippen LogP contribution in [-0.2, 0) is 12.6 Å². The summed E-state index contributed by atoms with van der Waals surface area (Å²) in [5.74, 6) is 1.76. The SMILES string of the molecule is Cc1ncnc(NCCc2ccc(Oc3ccc(C(F)(F)F)cc3)cc2)c1C. The van der Waals surface area contributed by atoms with E-state index in [0.717, 1.165) is 47.7 Å². The molecule has 2 aromatic carbocycles. The van der Waals surface area contributed by atoms with E-state index in [1.54, 1.807) is 12.1 Å². The maximum atomic E-state index is 12.6. The van der Waals surface area contributed by atoms with Gasteiger partial charge in [-0.2, -0.15) is 13.2 Å². The number of ether oxygens (including phenoxy) is 1. The second-order valence-corrected chi connectivity index (χ2v) is 6.38. The molecule has 0 unspecified atom stereocenters. The molecule has 0 amide bonds. The molecule has 0 aliphatic rings. The Labute approximate surface area is 161 Å². The molecule has 28 heavy (non-hydrogen) atoms. The maximum Gasteiger partial charge on any atom is 0.416 e. The number of hydrogen-bond donors (Lipinski definition) is 1. The molecule has 0 aliphatic heterocycles. The summed E-state index contributed by atoms with van der Waals surface area (Å²) in [4.78, 5) is 8.39. The van der Waals surface area contributed by atoms with Crippen LogP contribution >= 0.6 is 0 Å². The third-order valence-electron chi connectivity index (χ3n) is 4.38. The lowest BCUT2D eigenvalue weighted by molar-refractivity contribution is -0.137. The molecule has 146 valence electrons. The van der Waals surface area contributed by atoms with Crippen molar-refractivity contribution < 1.29 is 17.9 Å². The first-order valence-corrected chi connectivity index (χ1v) is 8.79. The quantitative estimate of drug-likeness (QED) is 0.602. The van der Waals surface area contributed by atoms with Crippen molar-refractivity contribution in [3.05, 3.63) is 77.2 Å². The van der Waals surface area contributed by atoms with Crippen molar-refractivity contribution in [3.63, 3.8) is 0 Å². The Morgan fingerprint density at radius 3 is 2.11 bits per heavy atom. The molecule has 0 aliphatic carbocycles. The molecule has 0 saturated heterocycles. The van der Waals surface area contributed by atoms with Crippen LogP contribution in [0, 0.1) is 13.8 Å². The highest BCUT2D eigenvalue weighted by Gasteiger charge is 2.30. The fourth-order valence-electron chi connectivity index (χ4n) is 2.61. The second kappa shape index (κ2) is 8.29. The molecule has 1 aromatic heterocycles. The van der Waals surface area contributed by atoms with Crippen molar-refractivity contribution in [1.82, 2.24) is 9.97 Å². The van der Waals surface area contributed by atoms with Gasteiger partial charge in [0.25, 0.3) is 0 Å². The minimum atomic E-state index is -4.35. The predicted molar refractivity (Wildman–Crippen MR) is 102 cm³/mol. The molecule has 3 rings (SSSR count). The van der Waals surface area contributed by atoms with Gasteiger partial charge in [-0.15, -0.1) is 0 Å². The van der Waals surface area contributed by atoms with Crippen molar-refractivity contribution >= 4 is 5.82 Å². The topological polar surface area (TPSA) is 47.0 Å². The lowest BCUT2D eigenvalue weighted by Gasteiger charge is -2.11. The Hall–Kier alpha value is -3.09. The fourth-order valence-corrected chi connectivity index (χ4v) is 2.61. The number of aryl methyl sites for hydroxylation is 1.